The fourth-order valence-corrected chi connectivity index (χ4v) is 3.79. The highest BCUT2D eigenvalue weighted by molar-refractivity contribution is 5.88. The molecule has 172 valence electrons. The molecule has 1 aromatic carbocycles. The molecule has 2 rings (SSSR count). The minimum atomic E-state index is -0.652. The standard InChI is InChI=1S/C23H36N4O4/c1-15(2)13-19(24)23(30)27-11-9-17(10-12-27)22(29)26-16(3)21(28)25-14-18-7-5-6-8-20(18)31-4/h5-8,15-17,19H,9-14,24H2,1-4H3,(H,25,28)(H,26,29)/t16-,19-/m0/s1. The minimum Gasteiger partial charge on any atom is -0.496 e. The van der Waals surface area contributed by atoms with E-state index in [4.69, 9.17) is 10.5 Å². The fraction of sp³-hybridized carbons (Fsp3) is 0.609. The molecule has 3 amide bonds. The van der Waals surface area contributed by atoms with Crippen molar-refractivity contribution in [3.8, 4) is 5.75 Å². The summed E-state index contributed by atoms with van der Waals surface area (Å²) in [6.45, 7) is 7.09. The number of likely N-dealkylation sites (tertiary alicyclic amines) is 1. The second kappa shape index (κ2) is 11.7. The third kappa shape index (κ3) is 7.24. The third-order valence-electron chi connectivity index (χ3n) is 5.62. The lowest BCUT2D eigenvalue weighted by Gasteiger charge is -2.33. The van der Waals surface area contributed by atoms with Gasteiger partial charge in [0.1, 0.15) is 11.8 Å². The van der Waals surface area contributed by atoms with Gasteiger partial charge in [-0.3, -0.25) is 14.4 Å². The van der Waals surface area contributed by atoms with Gasteiger partial charge < -0.3 is 26.0 Å². The number of carbonyl (C=O) groups excluding carboxylic acids is 3. The number of amides is 3. The Hall–Kier alpha value is -2.61. The molecule has 31 heavy (non-hydrogen) atoms. The predicted octanol–water partition coefficient (Wildman–Crippen LogP) is 1.43. The molecule has 1 aliphatic heterocycles. The van der Waals surface area contributed by atoms with Gasteiger partial charge >= 0.3 is 0 Å². The van der Waals surface area contributed by atoms with Gasteiger partial charge in [-0.1, -0.05) is 32.0 Å². The predicted molar refractivity (Wildman–Crippen MR) is 119 cm³/mol. The van der Waals surface area contributed by atoms with Gasteiger partial charge in [0.25, 0.3) is 0 Å². The first kappa shape index (κ1) is 24.7. The molecule has 0 radical (unpaired) electrons. The van der Waals surface area contributed by atoms with E-state index in [0.29, 0.717) is 50.6 Å². The lowest BCUT2D eigenvalue weighted by atomic mass is 9.94. The van der Waals surface area contributed by atoms with Crippen molar-refractivity contribution in [2.45, 2.75) is 58.7 Å². The maximum Gasteiger partial charge on any atom is 0.242 e. The molecule has 1 fully saturated rings. The van der Waals surface area contributed by atoms with E-state index in [1.165, 1.54) is 0 Å². The van der Waals surface area contributed by atoms with Crippen molar-refractivity contribution in [2.24, 2.45) is 17.6 Å². The molecule has 2 atom stereocenters. The summed E-state index contributed by atoms with van der Waals surface area (Å²) in [5.74, 6) is 0.392. The first-order chi connectivity index (χ1) is 14.7. The minimum absolute atomic E-state index is 0.0448. The van der Waals surface area contributed by atoms with Gasteiger partial charge in [0, 0.05) is 31.1 Å². The van der Waals surface area contributed by atoms with Crippen LogP contribution in [0.4, 0.5) is 0 Å². The number of piperidine rings is 1. The zero-order chi connectivity index (χ0) is 23.0. The molecule has 1 saturated heterocycles. The molecule has 0 aromatic heterocycles. The van der Waals surface area contributed by atoms with Crippen LogP contribution in [0.5, 0.6) is 5.75 Å². The highest BCUT2D eigenvalue weighted by Gasteiger charge is 2.30. The average Bonchev–Trinajstić information content (AvgIpc) is 2.76. The lowest BCUT2D eigenvalue weighted by molar-refractivity contribution is -0.137. The van der Waals surface area contributed by atoms with E-state index in [1.54, 1.807) is 18.9 Å². The number of hydrogen-bond acceptors (Lipinski definition) is 5. The largest absolute Gasteiger partial charge is 0.496 e. The number of nitrogens with zero attached hydrogens (tertiary/aromatic N) is 1. The van der Waals surface area contributed by atoms with Gasteiger partial charge in [0.2, 0.25) is 17.7 Å². The number of nitrogens with two attached hydrogens (primary N) is 1. The highest BCUT2D eigenvalue weighted by atomic mass is 16.5. The quantitative estimate of drug-likeness (QED) is 0.546. The molecular formula is C23H36N4O4. The van der Waals surface area contributed by atoms with Crippen molar-refractivity contribution in [2.75, 3.05) is 20.2 Å². The number of hydrogen-bond donors (Lipinski definition) is 3. The van der Waals surface area contributed by atoms with E-state index in [9.17, 15) is 14.4 Å². The third-order valence-corrected chi connectivity index (χ3v) is 5.62. The molecule has 4 N–H and O–H groups in total. The number of methoxy groups -OCH3 is 1. The van der Waals surface area contributed by atoms with Crippen molar-refractivity contribution >= 4 is 17.7 Å². The van der Waals surface area contributed by atoms with Crippen LogP contribution in [0, 0.1) is 11.8 Å². The van der Waals surface area contributed by atoms with E-state index in [1.807, 2.05) is 38.1 Å². The summed E-state index contributed by atoms with van der Waals surface area (Å²) >= 11 is 0. The summed E-state index contributed by atoms with van der Waals surface area (Å²) in [6, 6.07) is 6.31. The normalized spacial score (nSPS) is 16.5. The molecule has 1 aliphatic rings. The average molecular weight is 433 g/mol. The first-order valence-corrected chi connectivity index (χ1v) is 11.0. The van der Waals surface area contributed by atoms with Crippen LogP contribution >= 0.6 is 0 Å². The van der Waals surface area contributed by atoms with Crippen LogP contribution < -0.4 is 21.1 Å². The van der Waals surface area contributed by atoms with Crippen LogP contribution in [0.15, 0.2) is 24.3 Å². The zero-order valence-corrected chi connectivity index (χ0v) is 19.0. The Morgan fingerprint density at radius 2 is 1.81 bits per heavy atom. The van der Waals surface area contributed by atoms with Gasteiger partial charge in [-0.05, 0) is 38.2 Å². The van der Waals surface area contributed by atoms with Gasteiger partial charge in [0.05, 0.1) is 13.2 Å². The van der Waals surface area contributed by atoms with Crippen LogP contribution in [0.2, 0.25) is 0 Å². The summed E-state index contributed by atoms with van der Waals surface area (Å²) in [4.78, 5) is 39.2. The van der Waals surface area contributed by atoms with E-state index < -0.39 is 12.1 Å². The van der Waals surface area contributed by atoms with Gasteiger partial charge in [-0.15, -0.1) is 0 Å². The second-order valence-corrected chi connectivity index (χ2v) is 8.60. The molecular weight excluding hydrogens is 396 g/mol. The number of rotatable bonds is 9. The van der Waals surface area contributed by atoms with Gasteiger partial charge in [-0.25, -0.2) is 0 Å². The van der Waals surface area contributed by atoms with E-state index in [2.05, 4.69) is 10.6 Å². The summed E-state index contributed by atoms with van der Waals surface area (Å²) in [7, 11) is 1.58. The maximum atomic E-state index is 12.6. The molecule has 8 nitrogen and oxygen atoms in total. The van der Waals surface area contributed by atoms with Crippen molar-refractivity contribution in [3.05, 3.63) is 29.8 Å². The Kier molecular flexibility index (Phi) is 9.30. The monoisotopic (exact) mass is 432 g/mol. The van der Waals surface area contributed by atoms with Crippen LogP contribution in [0.1, 0.15) is 45.6 Å². The fourth-order valence-electron chi connectivity index (χ4n) is 3.79. The zero-order valence-electron chi connectivity index (χ0n) is 19.0. The lowest BCUT2D eigenvalue weighted by Crippen LogP contribution is -2.51. The van der Waals surface area contributed by atoms with E-state index >= 15 is 0 Å². The number of ether oxygens (including phenoxy) is 1. The number of para-hydroxylation sites is 1. The van der Waals surface area contributed by atoms with Crippen molar-refractivity contribution < 1.29 is 19.1 Å². The molecule has 0 spiro atoms. The summed E-state index contributed by atoms with van der Waals surface area (Å²) < 4.78 is 5.28. The first-order valence-electron chi connectivity index (χ1n) is 11.0. The van der Waals surface area contributed by atoms with E-state index in [-0.39, 0.29) is 23.6 Å². The van der Waals surface area contributed by atoms with Crippen LogP contribution in [0.25, 0.3) is 0 Å². The van der Waals surface area contributed by atoms with E-state index in [0.717, 1.165) is 5.56 Å². The Labute approximate surface area is 184 Å². The smallest absolute Gasteiger partial charge is 0.242 e. The van der Waals surface area contributed by atoms with Crippen LogP contribution in [-0.4, -0.2) is 54.9 Å². The van der Waals surface area contributed by atoms with Crippen LogP contribution in [-0.2, 0) is 20.9 Å². The molecule has 1 heterocycles. The topological polar surface area (TPSA) is 114 Å². The SMILES string of the molecule is COc1ccccc1CNC(=O)[C@H](C)NC(=O)C1CCN(C(=O)[C@@H](N)CC(C)C)CC1. The molecule has 0 aliphatic carbocycles. The van der Waals surface area contributed by atoms with Gasteiger partial charge in [0.15, 0.2) is 0 Å². The Balaban J connectivity index is 1.77. The molecule has 8 heteroatoms. The van der Waals surface area contributed by atoms with Crippen LogP contribution in [0.3, 0.4) is 0 Å². The summed E-state index contributed by atoms with van der Waals surface area (Å²) in [5.41, 5.74) is 6.87. The Morgan fingerprint density at radius 3 is 2.42 bits per heavy atom. The molecule has 0 saturated carbocycles. The number of benzene rings is 1. The van der Waals surface area contributed by atoms with Gasteiger partial charge in [-0.2, -0.15) is 0 Å². The highest BCUT2D eigenvalue weighted by Crippen LogP contribution is 2.19. The number of carbonyl (C=O) groups is 3. The van der Waals surface area contributed by atoms with Crippen molar-refractivity contribution in [1.82, 2.24) is 15.5 Å². The number of nitrogens with one attached hydrogen (secondary N) is 2. The van der Waals surface area contributed by atoms with Crippen molar-refractivity contribution in [1.29, 1.82) is 0 Å². The summed E-state index contributed by atoms with van der Waals surface area (Å²) in [6.07, 6.45) is 1.80. The molecule has 0 bridgehead atoms. The maximum absolute atomic E-state index is 12.6. The van der Waals surface area contributed by atoms with Crippen molar-refractivity contribution in [3.63, 3.8) is 0 Å². The summed E-state index contributed by atoms with van der Waals surface area (Å²) in [5, 5.41) is 5.63. The molecule has 0 unspecified atom stereocenters. The Morgan fingerprint density at radius 1 is 1.16 bits per heavy atom. The molecule has 1 aromatic rings. The second-order valence-electron chi connectivity index (χ2n) is 8.60. The Bertz CT molecular complexity index is 760.